The van der Waals surface area contributed by atoms with Crippen molar-refractivity contribution >= 4 is 5.91 Å². The molecule has 4 heteroatoms. The number of carbonyl (C=O) groups is 1. The fourth-order valence-electron chi connectivity index (χ4n) is 1.40. The van der Waals surface area contributed by atoms with Crippen LogP contribution in [-0.4, -0.2) is 19.1 Å². The second-order valence-electron chi connectivity index (χ2n) is 3.81. The van der Waals surface area contributed by atoms with Gasteiger partial charge in [0.1, 0.15) is 5.75 Å². The Morgan fingerprint density at radius 2 is 2.25 bits per heavy atom. The summed E-state index contributed by atoms with van der Waals surface area (Å²) in [5.74, 6) is 0.704. The van der Waals surface area contributed by atoms with E-state index in [1.165, 1.54) is 0 Å². The first-order valence-electron chi connectivity index (χ1n) is 5.21. The zero-order valence-corrected chi connectivity index (χ0v) is 9.91. The minimum Gasteiger partial charge on any atom is -0.496 e. The molecule has 0 saturated heterocycles. The van der Waals surface area contributed by atoms with Crippen molar-refractivity contribution in [2.75, 3.05) is 7.11 Å². The molecule has 0 spiro atoms. The van der Waals surface area contributed by atoms with Crippen LogP contribution in [0.4, 0.5) is 0 Å². The summed E-state index contributed by atoms with van der Waals surface area (Å²) in [5, 5.41) is 2.76. The molecule has 1 rings (SSSR count). The summed E-state index contributed by atoms with van der Waals surface area (Å²) in [6.07, 6.45) is 0. The van der Waals surface area contributed by atoms with Gasteiger partial charge < -0.3 is 15.8 Å². The van der Waals surface area contributed by atoms with Crippen LogP contribution in [0.25, 0.3) is 0 Å². The van der Waals surface area contributed by atoms with Crippen molar-refractivity contribution in [1.82, 2.24) is 5.32 Å². The fourth-order valence-corrected chi connectivity index (χ4v) is 1.40. The molecule has 0 heterocycles. The molecule has 0 aliphatic carbocycles. The maximum absolute atomic E-state index is 11.3. The van der Waals surface area contributed by atoms with Crippen LogP contribution in [0.2, 0.25) is 0 Å². The minimum atomic E-state index is -0.473. The van der Waals surface area contributed by atoms with Gasteiger partial charge in [0.25, 0.3) is 0 Å². The lowest BCUT2D eigenvalue weighted by Crippen LogP contribution is -2.37. The Morgan fingerprint density at radius 3 is 2.75 bits per heavy atom. The number of amides is 1. The number of methoxy groups -OCH3 is 1. The Labute approximate surface area is 95.8 Å². The largest absolute Gasteiger partial charge is 0.496 e. The smallest absolute Gasteiger partial charge is 0.236 e. The highest BCUT2D eigenvalue weighted by atomic mass is 16.5. The summed E-state index contributed by atoms with van der Waals surface area (Å²) in [6.45, 7) is 4.12. The van der Waals surface area contributed by atoms with Crippen molar-refractivity contribution < 1.29 is 9.53 Å². The highest BCUT2D eigenvalue weighted by Crippen LogP contribution is 2.18. The van der Waals surface area contributed by atoms with Crippen LogP contribution < -0.4 is 15.8 Å². The standard InChI is InChI=1S/C12H18N2O2/c1-8-6-10(4-5-11(8)16-3)7-14-12(15)9(2)13/h4-6,9H,7,13H2,1-3H3,(H,14,15). The average molecular weight is 222 g/mol. The Hall–Kier alpha value is -1.55. The van der Waals surface area contributed by atoms with Crippen LogP contribution in [0.5, 0.6) is 5.75 Å². The minimum absolute atomic E-state index is 0.145. The number of hydrogen-bond acceptors (Lipinski definition) is 3. The molecule has 1 aromatic rings. The van der Waals surface area contributed by atoms with E-state index in [0.717, 1.165) is 16.9 Å². The van der Waals surface area contributed by atoms with E-state index in [2.05, 4.69) is 5.32 Å². The summed E-state index contributed by atoms with van der Waals surface area (Å²) in [7, 11) is 1.64. The van der Waals surface area contributed by atoms with E-state index in [9.17, 15) is 4.79 Å². The average Bonchev–Trinajstić information content (AvgIpc) is 2.25. The maximum atomic E-state index is 11.3. The number of benzene rings is 1. The van der Waals surface area contributed by atoms with Crippen LogP contribution in [-0.2, 0) is 11.3 Å². The lowest BCUT2D eigenvalue weighted by atomic mass is 10.1. The molecule has 0 aliphatic heterocycles. The molecule has 1 amide bonds. The van der Waals surface area contributed by atoms with Gasteiger partial charge in [-0.15, -0.1) is 0 Å². The topological polar surface area (TPSA) is 64.3 Å². The molecule has 0 aliphatic rings. The third-order valence-corrected chi connectivity index (χ3v) is 2.34. The van der Waals surface area contributed by atoms with Crippen molar-refractivity contribution in [2.45, 2.75) is 26.4 Å². The Morgan fingerprint density at radius 1 is 1.56 bits per heavy atom. The molecule has 1 atom stereocenters. The number of nitrogens with two attached hydrogens (primary N) is 1. The summed E-state index contributed by atoms with van der Waals surface area (Å²) in [5.41, 5.74) is 7.53. The van der Waals surface area contributed by atoms with Gasteiger partial charge in [0.15, 0.2) is 0 Å². The molecule has 1 unspecified atom stereocenters. The van der Waals surface area contributed by atoms with E-state index in [4.69, 9.17) is 10.5 Å². The second kappa shape index (κ2) is 5.51. The number of nitrogens with one attached hydrogen (secondary N) is 1. The molecule has 16 heavy (non-hydrogen) atoms. The number of rotatable bonds is 4. The van der Waals surface area contributed by atoms with E-state index in [-0.39, 0.29) is 5.91 Å². The zero-order chi connectivity index (χ0) is 12.1. The van der Waals surface area contributed by atoms with Crippen LogP contribution in [0, 0.1) is 6.92 Å². The molecule has 0 fully saturated rings. The predicted molar refractivity (Wildman–Crippen MR) is 63.2 cm³/mol. The molecule has 3 N–H and O–H groups in total. The monoisotopic (exact) mass is 222 g/mol. The SMILES string of the molecule is COc1ccc(CNC(=O)C(C)N)cc1C. The van der Waals surface area contributed by atoms with Crippen molar-refractivity contribution in [3.8, 4) is 5.75 Å². The van der Waals surface area contributed by atoms with E-state index < -0.39 is 6.04 Å². The number of hydrogen-bond donors (Lipinski definition) is 2. The van der Waals surface area contributed by atoms with Gasteiger partial charge in [0.05, 0.1) is 13.2 Å². The van der Waals surface area contributed by atoms with E-state index in [0.29, 0.717) is 6.54 Å². The summed E-state index contributed by atoms with van der Waals surface area (Å²) >= 11 is 0. The first-order chi connectivity index (χ1) is 7.54. The Bertz CT molecular complexity index is 375. The summed E-state index contributed by atoms with van der Waals surface area (Å²) in [6, 6.07) is 5.33. The molecular formula is C12H18N2O2. The molecule has 0 aromatic heterocycles. The molecule has 1 aromatic carbocycles. The third kappa shape index (κ3) is 3.24. The van der Waals surface area contributed by atoms with Gasteiger partial charge in [-0.05, 0) is 31.0 Å². The molecule has 0 saturated carbocycles. The number of ether oxygens (including phenoxy) is 1. The molecular weight excluding hydrogens is 204 g/mol. The van der Waals surface area contributed by atoms with Gasteiger partial charge in [0.2, 0.25) is 5.91 Å². The van der Waals surface area contributed by atoms with Crippen molar-refractivity contribution in [2.24, 2.45) is 5.73 Å². The van der Waals surface area contributed by atoms with E-state index >= 15 is 0 Å². The molecule has 0 bridgehead atoms. The number of carbonyl (C=O) groups excluding carboxylic acids is 1. The quantitative estimate of drug-likeness (QED) is 0.797. The highest BCUT2D eigenvalue weighted by Gasteiger charge is 2.06. The van der Waals surface area contributed by atoms with Gasteiger partial charge in [-0.3, -0.25) is 4.79 Å². The number of aryl methyl sites for hydroxylation is 1. The van der Waals surface area contributed by atoms with Crippen LogP contribution in [0.1, 0.15) is 18.1 Å². The van der Waals surface area contributed by atoms with Crippen molar-refractivity contribution in [3.05, 3.63) is 29.3 Å². The van der Waals surface area contributed by atoms with Crippen molar-refractivity contribution in [3.63, 3.8) is 0 Å². The van der Waals surface area contributed by atoms with Gasteiger partial charge in [-0.25, -0.2) is 0 Å². The lowest BCUT2D eigenvalue weighted by molar-refractivity contribution is -0.122. The second-order valence-corrected chi connectivity index (χ2v) is 3.81. The Balaban J connectivity index is 2.62. The maximum Gasteiger partial charge on any atom is 0.236 e. The first kappa shape index (κ1) is 12.5. The van der Waals surface area contributed by atoms with Gasteiger partial charge in [0, 0.05) is 6.54 Å². The van der Waals surface area contributed by atoms with E-state index in [1.807, 2.05) is 25.1 Å². The zero-order valence-electron chi connectivity index (χ0n) is 9.91. The normalized spacial score (nSPS) is 12.0. The van der Waals surface area contributed by atoms with Crippen LogP contribution >= 0.6 is 0 Å². The van der Waals surface area contributed by atoms with Gasteiger partial charge in [-0.1, -0.05) is 12.1 Å². The van der Waals surface area contributed by atoms with Crippen LogP contribution in [0.15, 0.2) is 18.2 Å². The Kier molecular flexibility index (Phi) is 4.31. The van der Waals surface area contributed by atoms with E-state index in [1.54, 1.807) is 14.0 Å². The summed E-state index contributed by atoms with van der Waals surface area (Å²) in [4.78, 5) is 11.3. The predicted octanol–water partition coefficient (Wildman–Crippen LogP) is 0.967. The highest BCUT2D eigenvalue weighted by molar-refractivity contribution is 5.80. The van der Waals surface area contributed by atoms with Crippen LogP contribution in [0.3, 0.4) is 0 Å². The molecule has 4 nitrogen and oxygen atoms in total. The summed E-state index contributed by atoms with van der Waals surface area (Å²) < 4.78 is 5.16. The first-order valence-corrected chi connectivity index (χ1v) is 5.21. The molecule has 88 valence electrons. The fraction of sp³-hybridized carbons (Fsp3) is 0.417. The molecule has 0 radical (unpaired) electrons. The van der Waals surface area contributed by atoms with Gasteiger partial charge >= 0.3 is 0 Å². The lowest BCUT2D eigenvalue weighted by Gasteiger charge is -2.10. The van der Waals surface area contributed by atoms with Crippen molar-refractivity contribution in [1.29, 1.82) is 0 Å². The van der Waals surface area contributed by atoms with Gasteiger partial charge in [-0.2, -0.15) is 0 Å². The third-order valence-electron chi connectivity index (χ3n) is 2.34.